The van der Waals surface area contributed by atoms with Crippen LogP contribution in [0, 0.1) is 20.8 Å². The van der Waals surface area contributed by atoms with Crippen molar-refractivity contribution in [2.24, 2.45) is 0 Å². The van der Waals surface area contributed by atoms with Crippen LogP contribution in [0.2, 0.25) is 0 Å². The third-order valence-electron chi connectivity index (χ3n) is 3.20. The first-order chi connectivity index (χ1) is 9.01. The second-order valence-corrected chi connectivity index (χ2v) is 4.73. The predicted octanol–water partition coefficient (Wildman–Crippen LogP) is 2.23. The Hall–Kier alpha value is -2.10. The zero-order valence-corrected chi connectivity index (χ0v) is 11.7. The molecule has 0 spiro atoms. The highest BCUT2D eigenvalue weighted by atomic mass is 16.5. The van der Waals surface area contributed by atoms with Crippen molar-refractivity contribution in [2.45, 2.75) is 27.3 Å². The summed E-state index contributed by atoms with van der Waals surface area (Å²) in [6.45, 7) is 6.38. The van der Waals surface area contributed by atoms with Gasteiger partial charge in [-0.2, -0.15) is 0 Å². The molecule has 0 N–H and O–H groups in total. The van der Waals surface area contributed by atoms with Crippen LogP contribution in [0.1, 0.15) is 22.4 Å². The number of benzene rings is 1. The van der Waals surface area contributed by atoms with E-state index in [0.717, 1.165) is 5.56 Å². The van der Waals surface area contributed by atoms with Crippen molar-refractivity contribution in [1.29, 1.82) is 0 Å². The van der Waals surface area contributed by atoms with Gasteiger partial charge in [0.25, 0.3) is 11.6 Å². The lowest BCUT2D eigenvalue weighted by atomic mass is 10.1. The molecule has 2 aromatic rings. The van der Waals surface area contributed by atoms with Gasteiger partial charge < -0.3 is 4.74 Å². The molecule has 4 nitrogen and oxygen atoms in total. The lowest BCUT2D eigenvalue weighted by molar-refractivity contribution is 0.350. The third kappa shape index (κ3) is 2.84. The Bertz CT molecular complexity index is 660. The topological polar surface area (TPSA) is 44.1 Å². The van der Waals surface area contributed by atoms with Gasteiger partial charge in [0, 0.05) is 11.8 Å². The monoisotopic (exact) mass is 258 g/mol. The Morgan fingerprint density at radius 3 is 2.53 bits per heavy atom. The zero-order valence-electron chi connectivity index (χ0n) is 11.7. The highest BCUT2D eigenvalue weighted by molar-refractivity contribution is 5.30. The molecule has 4 heteroatoms. The molecular weight excluding hydrogens is 240 g/mol. The molecule has 0 bridgehead atoms. The predicted molar refractivity (Wildman–Crippen MR) is 74.8 cm³/mol. The van der Waals surface area contributed by atoms with Gasteiger partial charge in [-0.15, -0.1) is 0 Å². The number of methoxy groups -OCH3 is 1. The van der Waals surface area contributed by atoms with Gasteiger partial charge >= 0.3 is 0 Å². The molecule has 100 valence electrons. The summed E-state index contributed by atoms with van der Waals surface area (Å²) in [4.78, 5) is 16.2. The van der Waals surface area contributed by atoms with Crippen LogP contribution in [0.15, 0.2) is 29.1 Å². The lowest BCUT2D eigenvalue weighted by Gasteiger charge is -2.12. The first-order valence-corrected chi connectivity index (χ1v) is 6.20. The molecule has 1 aromatic heterocycles. The first-order valence-electron chi connectivity index (χ1n) is 6.20. The molecule has 0 saturated carbocycles. The quantitative estimate of drug-likeness (QED) is 0.848. The van der Waals surface area contributed by atoms with E-state index in [0.29, 0.717) is 18.2 Å². The average Bonchev–Trinajstić information content (AvgIpc) is 2.36. The minimum atomic E-state index is -0.0948. The van der Waals surface area contributed by atoms with Crippen LogP contribution in [-0.2, 0) is 6.54 Å². The highest BCUT2D eigenvalue weighted by Gasteiger charge is 2.08. The van der Waals surface area contributed by atoms with Crippen molar-refractivity contribution >= 4 is 0 Å². The van der Waals surface area contributed by atoms with Crippen molar-refractivity contribution in [2.75, 3.05) is 7.11 Å². The number of aromatic nitrogens is 2. The minimum absolute atomic E-state index is 0.0948. The van der Waals surface area contributed by atoms with Crippen LogP contribution >= 0.6 is 0 Å². The van der Waals surface area contributed by atoms with E-state index in [1.54, 1.807) is 6.92 Å². The van der Waals surface area contributed by atoms with Crippen LogP contribution in [0.5, 0.6) is 6.01 Å². The summed E-state index contributed by atoms with van der Waals surface area (Å²) >= 11 is 0. The average molecular weight is 258 g/mol. The van der Waals surface area contributed by atoms with Gasteiger partial charge in [0.2, 0.25) is 0 Å². The third-order valence-corrected chi connectivity index (χ3v) is 3.20. The van der Waals surface area contributed by atoms with E-state index in [9.17, 15) is 4.79 Å². The van der Waals surface area contributed by atoms with Crippen LogP contribution in [-0.4, -0.2) is 16.7 Å². The number of hydrogen-bond donors (Lipinski definition) is 0. The summed E-state index contributed by atoms with van der Waals surface area (Å²) < 4.78 is 6.72. The molecule has 19 heavy (non-hydrogen) atoms. The lowest BCUT2D eigenvalue weighted by Crippen LogP contribution is -2.23. The molecule has 0 saturated heterocycles. The fraction of sp³-hybridized carbons (Fsp3) is 0.333. The van der Waals surface area contributed by atoms with E-state index in [1.807, 2.05) is 6.07 Å². The van der Waals surface area contributed by atoms with Gasteiger partial charge in [0.1, 0.15) is 0 Å². The standard InChI is InChI=1S/C15H18N2O2/c1-10-5-6-13(7-11(10)2)9-17-14(18)8-12(3)16-15(17)19-4/h5-8H,9H2,1-4H3. The molecule has 0 unspecified atom stereocenters. The van der Waals surface area contributed by atoms with Crippen LogP contribution in [0.25, 0.3) is 0 Å². The molecule has 0 aliphatic rings. The van der Waals surface area contributed by atoms with Crippen LogP contribution in [0.3, 0.4) is 0 Å². The molecule has 0 aliphatic heterocycles. The molecular formula is C15H18N2O2. The summed E-state index contributed by atoms with van der Waals surface area (Å²) in [5.41, 5.74) is 4.09. The van der Waals surface area contributed by atoms with E-state index in [-0.39, 0.29) is 5.56 Å². The van der Waals surface area contributed by atoms with E-state index in [1.165, 1.54) is 28.9 Å². The van der Waals surface area contributed by atoms with E-state index in [4.69, 9.17) is 4.74 Å². The molecule has 0 amide bonds. The van der Waals surface area contributed by atoms with Gasteiger partial charge in [0.15, 0.2) is 0 Å². The molecule has 1 heterocycles. The summed E-state index contributed by atoms with van der Waals surface area (Å²) in [7, 11) is 1.53. The number of aryl methyl sites for hydroxylation is 3. The Balaban J connectivity index is 2.43. The summed E-state index contributed by atoms with van der Waals surface area (Å²) in [6.07, 6.45) is 0. The Morgan fingerprint density at radius 2 is 1.89 bits per heavy atom. The van der Waals surface area contributed by atoms with Crippen molar-refractivity contribution < 1.29 is 4.74 Å². The molecule has 0 radical (unpaired) electrons. The van der Waals surface area contributed by atoms with Crippen molar-refractivity contribution in [1.82, 2.24) is 9.55 Å². The van der Waals surface area contributed by atoms with Gasteiger partial charge in [-0.3, -0.25) is 9.36 Å². The van der Waals surface area contributed by atoms with E-state index in [2.05, 4.69) is 31.0 Å². The first kappa shape index (κ1) is 13.3. The van der Waals surface area contributed by atoms with Crippen LogP contribution < -0.4 is 10.3 Å². The summed E-state index contributed by atoms with van der Waals surface area (Å²) in [5, 5.41) is 0. The van der Waals surface area contributed by atoms with Crippen molar-refractivity contribution in [3.05, 3.63) is 57.0 Å². The number of hydrogen-bond acceptors (Lipinski definition) is 3. The fourth-order valence-electron chi connectivity index (χ4n) is 1.98. The Labute approximate surface area is 112 Å². The molecule has 2 rings (SSSR count). The SMILES string of the molecule is COc1nc(C)cc(=O)n1Cc1ccc(C)c(C)c1. The Kier molecular flexibility index (Phi) is 3.69. The van der Waals surface area contributed by atoms with Gasteiger partial charge in [0.05, 0.1) is 13.7 Å². The highest BCUT2D eigenvalue weighted by Crippen LogP contribution is 2.13. The number of nitrogens with zero attached hydrogens (tertiary/aromatic N) is 2. The normalized spacial score (nSPS) is 10.5. The summed E-state index contributed by atoms with van der Waals surface area (Å²) in [5.74, 6) is 0. The molecule has 0 aliphatic carbocycles. The minimum Gasteiger partial charge on any atom is -0.468 e. The van der Waals surface area contributed by atoms with E-state index < -0.39 is 0 Å². The number of rotatable bonds is 3. The van der Waals surface area contributed by atoms with Crippen molar-refractivity contribution in [3.8, 4) is 6.01 Å². The maximum absolute atomic E-state index is 12.0. The maximum atomic E-state index is 12.0. The van der Waals surface area contributed by atoms with Crippen LogP contribution in [0.4, 0.5) is 0 Å². The molecule has 0 fully saturated rings. The maximum Gasteiger partial charge on any atom is 0.299 e. The van der Waals surface area contributed by atoms with Gasteiger partial charge in [-0.25, -0.2) is 4.98 Å². The van der Waals surface area contributed by atoms with Gasteiger partial charge in [-0.05, 0) is 37.5 Å². The molecule has 0 atom stereocenters. The second kappa shape index (κ2) is 5.26. The zero-order chi connectivity index (χ0) is 14.0. The van der Waals surface area contributed by atoms with E-state index >= 15 is 0 Å². The second-order valence-electron chi connectivity index (χ2n) is 4.73. The fourth-order valence-corrected chi connectivity index (χ4v) is 1.98. The largest absolute Gasteiger partial charge is 0.468 e. The smallest absolute Gasteiger partial charge is 0.299 e. The number of ether oxygens (including phenoxy) is 1. The van der Waals surface area contributed by atoms with Crippen molar-refractivity contribution in [3.63, 3.8) is 0 Å². The molecule has 1 aromatic carbocycles. The Morgan fingerprint density at radius 1 is 1.16 bits per heavy atom. The van der Waals surface area contributed by atoms with Gasteiger partial charge in [-0.1, -0.05) is 18.2 Å². The summed E-state index contributed by atoms with van der Waals surface area (Å²) in [6, 6.07) is 8.03.